The van der Waals surface area contributed by atoms with Crippen LogP contribution in [0.4, 0.5) is 11.4 Å². The van der Waals surface area contributed by atoms with Crippen molar-refractivity contribution in [3.05, 3.63) is 36.5 Å². The Bertz CT molecular complexity index is 788. The molecule has 22 heavy (non-hydrogen) atoms. The standard InChI is InChI=1S/C15H16N2O4S/c1-2-22(19,20)15-6-3-11(10-16-15)17-7-8-21-14-5-4-12(18)9-13(14)17/h3-6,9-10,18H,2,7-8H2,1H3. The van der Waals surface area contributed by atoms with Crippen LogP contribution in [-0.2, 0) is 9.84 Å². The molecule has 0 fully saturated rings. The average molecular weight is 320 g/mol. The average Bonchev–Trinajstić information content (AvgIpc) is 2.54. The second-order valence-corrected chi connectivity index (χ2v) is 7.14. The fourth-order valence-electron chi connectivity index (χ4n) is 2.34. The summed E-state index contributed by atoms with van der Waals surface area (Å²) in [6.07, 6.45) is 1.53. The number of sulfone groups is 1. The van der Waals surface area contributed by atoms with Gasteiger partial charge in [0, 0.05) is 6.07 Å². The topological polar surface area (TPSA) is 79.7 Å². The molecular formula is C15H16N2O4S. The van der Waals surface area contributed by atoms with Crippen molar-refractivity contribution < 1.29 is 18.3 Å². The van der Waals surface area contributed by atoms with Crippen molar-refractivity contribution in [2.75, 3.05) is 23.8 Å². The Labute approximate surface area is 128 Å². The lowest BCUT2D eigenvalue weighted by atomic mass is 10.2. The third-order valence-corrected chi connectivity index (χ3v) is 5.18. The van der Waals surface area contributed by atoms with Crippen LogP contribution < -0.4 is 9.64 Å². The Hall–Kier alpha value is -2.28. The predicted molar refractivity (Wildman–Crippen MR) is 82.6 cm³/mol. The molecule has 1 aliphatic heterocycles. The van der Waals surface area contributed by atoms with E-state index < -0.39 is 9.84 Å². The zero-order valence-electron chi connectivity index (χ0n) is 12.1. The molecule has 0 unspecified atom stereocenters. The maximum Gasteiger partial charge on any atom is 0.195 e. The number of pyridine rings is 1. The fraction of sp³-hybridized carbons (Fsp3) is 0.267. The summed E-state index contributed by atoms with van der Waals surface area (Å²) in [5.41, 5.74) is 1.49. The van der Waals surface area contributed by atoms with E-state index in [2.05, 4.69) is 4.98 Å². The minimum absolute atomic E-state index is 0.0214. The third-order valence-electron chi connectivity index (χ3n) is 3.54. The van der Waals surface area contributed by atoms with E-state index in [1.54, 1.807) is 31.2 Å². The maximum atomic E-state index is 11.8. The summed E-state index contributed by atoms with van der Waals surface area (Å²) in [6.45, 7) is 2.69. The normalized spacial score (nSPS) is 14.3. The molecule has 0 amide bonds. The number of anilines is 2. The molecule has 2 heterocycles. The van der Waals surface area contributed by atoms with Crippen LogP contribution in [0.5, 0.6) is 11.5 Å². The van der Waals surface area contributed by atoms with E-state index in [9.17, 15) is 13.5 Å². The van der Waals surface area contributed by atoms with Crippen LogP contribution in [-0.4, -0.2) is 37.4 Å². The van der Waals surface area contributed by atoms with Gasteiger partial charge in [-0.2, -0.15) is 0 Å². The molecule has 0 bridgehead atoms. The smallest absolute Gasteiger partial charge is 0.195 e. The first-order valence-electron chi connectivity index (χ1n) is 6.93. The largest absolute Gasteiger partial charge is 0.508 e. The molecule has 116 valence electrons. The van der Waals surface area contributed by atoms with E-state index in [1.807, 2.05) is 4.90 Å². The first-order chi connectivity index (χ1) is 10.5. The van der Waals surface area contributed by atoms with Crippen LogP contribution in [0.3, 0.4) is 0 Å². The second kappa shape index (κ2) is 5.49. The van der Waals surface area contributed by atoms with Gasteiger partial charge in [0.05, 0.1) is 29.9 Å². The molecule has 6 nitrogen and oxygen atoms in total. The highest BCUT2D eigenvalue weighted by molar-refractivity contribution is 7.91. The zero-order valence-corrected chi connectivity index (χ0v) is 12.9. The van der Waals surface area contributed by atoms with E-state index in [-0.39, 0.29) is 16.5 Å². The number of ether oxygens (including phenoxy) is 1. The number of phenolic OH excluding ortho intramolecular Hbond substituents is 1. The molecule has 0 radical (unpaired) electrons. The first kappa shape index (κ1) is 14.6. The second-order valence-electron chi connectivity index (χ2n) is 4.91. The molecule has 0 spiro atoms. The number of rotatable bonds is 3. The molecule has 0 aliphatic carbocycles. The van der Waals surface area contributed by atoms with Crippen molar-refractivity contribution in [1.82, 2.24) is 4.98 Å². The van der Waals surface area contributed by atoms with Gasteiger partial charge in [0.15, 0.2) is 14.9 Å². The lowest BCUT2D eigenvalue weighted by Gasteiger charge is -2.31. The van der Waals surface area contributed by atoms with E-state index in [0.717, 1.165) is 11.4 Å². The van der Waals surface area contributed by atoms with E-state index in [0.29, 0.717) is 18.9 Å². The summed E-state index contributed by atoms with van der Waals surface area (Å²) >= 11 is 0. The van der Waals surface area contributed by atoms with Gasteiger partial charge in [-0.1, -0.05) is 6.92 Å². The highest BCUT2D eigenvalue weighted by Gasteiger charge is 2.21. The van der Waals surface area contributed by atoms with Crippen molar-refractivity contribution in [2.45, 2.75) is 11.9 Å². The lowest BCUT2D eigenvalue weighted by Crippen LogP contribution is -2.28. The Morgan fingerprint density at radius 2 is 2.14 bits per heavy atom. The van der Waals surface area contributed by atoms with Crippen LogP contribution in [0.25, 0.3) is 0 Å². The Morgan fingerprint density at radius 3 is 2.82 bits per heavy atom. The van der Waals surface area contributed by atoms with Crippen LogP contribution in [0.2, 0.25) is 0 Å². The van der Waals surface area contributed by atoms with E-state index >= 15 is 0 Å². The van der Waals surface area contributed by atoms with Crippen LogP contribution in [0.15, 0.2) is 41.6 Å². The van der Waals surface area contributed by atoms with E-state index in [4.69, 9.17) is 4.74 Å². The minimum Gasteiger partial charge on any atom is -0.508 e. The van der Waals surface area contributed by atoms with Gasteiger partial charge in [-0.15, -0.1) is 0 Å². The third kappa shape index (κ3) is 2.59. The number of nitrogens with zero attached hydrogens (tertiary/aromatic N) is 2. The predicted octanol–water partition coefficient (Wildman–Crippen LogP) is 2.11. The minimum atomic E-state index is -3.31. The summed E-state index contributed by atoms with van der Waals surface area (Å²) < 4.78 is 29.2. The van der Waals surface area contributed by atoms with Crippen molar-refractivity contribution in [3.63, 3.8) is 0 Å². The molecule has 0 saturated heterocycles. The van der Waals surface area contributed by atoms with Gasteiger partial charge in [0.1, 0.15) is 18.1 Å². The molecule has 0 atom stereocenters. The fourth-order valence-corrected chi connectivity index (χ4v) is 3.12. The van der Waals surface area contributed by atoms with Crippen molar-refractivity contribution in [1.29, 1.82) is 0 Å². The molecule has 3 rings (SSSR count). The van der Waals surface area contributed by atoms with Crippen molar-refractivity contribution >= 4 is 21.2 Å². The first-order valence-corrected chi connectivity index (χ1v) is 8.58. The van der Waals surface area contributed by atoms with Gasteiger partial charge < -0.3 is 14.7 Å². The summed E-state index contributed by atoms with van der Waals surface area (Å²) in [5, 5.41) is 9.73. The summed E-state index contributed by atoms with van der Waals surface area (Å²) in [5.74, 6) is 0.842. The Balaban J connectivity index is 1.98. The molecule has 2 aromatic rings. The summed E-state index contributed by atoms with van der Waals surface area (Å²) in [6, 6.07) is 8.11. The van der Waals surface area contributed by atoms with Gasteiger partial charge in [0.2, 0.25) is 0 Å². The number of fused-ring (bicyclic) bond motifs is 1. The van der Waals surface area contributed by atoms with Crippen LogP contribution in [0.1, 0.15) is 6.92 Å². The molecule has 1 aromatic heterocycles. The number of aromatic hydroxyl groups is 1. The van der Waals surface area contributed by atoms with Gasteiger partial charge in [0.25, 0.3) is 0 Å². The molecular weight excluding hydrogens is 304 g/mol. The number of aromatic nitrogens is 1. The Kier molecular flexibility index (Phi) is 3.66. The summed E-state index contributed by atoms with van der Waals surface area (Å²) in [7, 11) is -3.31. The maximum absolute atomic E-state index is 11.8. The van der Waals surface area contributed by atoms with Crippen LogP contribution >= 0.6 is 0 Å². The monoisotopic (exact) mass is 320 g/mol. The molecule has 0 saturated carbocycles. The highest BCUT2D eigenvalue weighted by Crippen LogP contribution is 2.38. The summed E-state index contributed by atoms with van der Waals surface area (Å²) in [4.78, 5) is 6.00. The molecule has 1 N–H and O–H groups in total. The SMILES string of the molecule is CCS(=O)(=O)c1ccc(N2CCOc3ccc(O)cc32)cn1. The van der Waals surface area contributed by atoms with Gasteiger partial charge in [-0.3, -0.25) is 0 Å². The van der Waals surface area contributed by atoms with Gasteiger partial charge in [-0.05, 0) is 24.3 Å². The molecule has 1 aliphatic rings. The number of benzene rings is 1. The van der Waals surface area contributed by atoms with Gasteiger partial charge >= 0.3 is 0 Å². The molecule has 1 aromatic carbocycles. The van der Waals surface area contributed by atoms with Crippen LogP contribution in [0, 0.1) is 0 Å². The Morgan fingerprint density at radius 1 is 1.32 bits per heavy atom. The van der Waals surface area contributed by atoms with Gasteiger partial charge in [-0.25, -0.2) is 13.4 Å². The van der Waals surface area contributed by atoms with Crippen molar-refractivity contribution in [3.8, 4) is 11.5 Å². The zero-order chi connectivity index (χ0) is 15.7. The highest BCUT2D eigenvalue weighted by atomic mass is 32.2. The number of hydrogen-bond donors (Lipinski definition) is 1. The lowest BCUT2D eigenvalue weighted by molar-refractivity contribution is 0.313. The number of phenols is 1. The van der Waals surface area contributed by atoms with E-state index in [1.165, 1.54) is 12.3 Å². The quantitative estimate of drug-likeness (QED) is 0.933. The van der Waals surface area contributed by atoms with Crippen molar-refractivity contribution in [2.24, 2.45) is 0 Å². The number of hydrogen-bond acceptors (Lipinski definition) is 6. The molecule has 7 heteroatoms.